The monoisotopic (exact) mass is 382 g/mol. The first-order chi connectivity index (χ1) is 13.7. The van der Waals surface area contributed by atoms with Gasteiger partial charge in [-0.05, 0) is 38.0 Å². The molecule has 3 aromatic rings. The van der Waals surface area contributed by atoms with E-state index in [4.69, 9.17) is 0 Å². The second-order valence-electron chi connectivity index (χ2n) is 7.03. The Bertz CT molecular complexity index is 944. The molecule has 28 heavy (non-hydrogen) atoms. The molecule has 1 aliphatic rings. The van der Waals surface area contributed by atoms with Gasteiger partial charge in [0.15, 0.2) is 5.82 Å². The third kappa shape index (κ3) is 3.67. The smallest absolute Gasteiger partial charge is 0.253 e. The number of carbonyl (C=O) groups excluding carboxylic acids is 1. The van der Waals surface area contributed by atoms with Crippen molar-refractivity contribution in [2.45, 2.75) is 38.8 Å². The van der Waals surface area contributed by atoms with Gasteiger partial charge in [-0.2, -0.15) is 0 Å². The summed E-state index contributed by atoms with van der Waals surface area (Å²) in [6.45, 7) is 4.79. The number of hydrogen-bond donors (Lipinski definition) is 0. The second kappa shape index (κ2) is 7.92. The predicted molar refractivity (Wildman–Crippen MR) is 101 cm³/mol. The zero-order valence-electron chi connectivity index (χ0n) is 15.8. The van der Waals surface area contributed by atoms with Crippen LogP contribution < -0.4 is 0 Å². The molecule has 0 bridgehead atoms. The first kappa shape index (κ1) is 18.3. The number of carbonyl (C=O) groups is 1. The van der Waals surface area contributed by atoms with E-state index in [2.05, 4.69) is 26.7 Å². The molecule has 146 valence electrons. The largest absolute Gasteiger partial charge is 0.339 e. The highest BCUT2D eigenvalue weighted by atomic mass is 19.1. The number of piperidine rings is 1. The Kier molecular flexibility index (Phi) is 5.18. The summed E-state index contributed by atoms with van der Waals surface area (Å²) in [5.74, 6) is 1.66. The number of halogens is 1. The number of nitrogens with zero attached hydrogens (tertiary/aromatic N) is 6. The van der Waals surface area contributed by atoms with Crippen LogP contribution in [0.2, 0.25) is 0 Å². The minimum atomic E-state index is -0.387. The van der Waals surface area contributed by atoms with Gasteiger partial charge >= 0.3 is 0 Å². The Morgan fingerprint density at radius 1 is 1.25 bits per heavy atom. The fourth-order valence-electron chi connectivity index (χ4n) is 3.80. The maximum atomic E-state index is 13.4. The van der Waals surface area contributed by atoms with Crippen molar-refractivity contribution in [2.75, 3.05) is 13.1 Å². The van der Waals surface area contributed by atoms with Gasteiger partial charge in [0, 0.05) is 43.5 Å². The second-order valence-corrected chi connectivity index (χ2v) is 7.03. The minimum Gasteiger partial charge on any atom is -0.339 e. The molecular formula is C20H23FN6O. The molecule has 0 saturated carbocycles. The summed E-state index contributed by atoms with van der Waals surface area (Å²) in [6.07, 6.45) is 7.07. The molecule has 0 atom stereocenters. The van der Waals surface area contributed by atoms with E-state index in [1.165, 1.54) is 12.1 Å². The Labute approximate surface area is 162 Å². The van der Waals surface area contributed by atoms with Crippen molar-refractivity contribution in [3.63, 3.8) is 0 Å². The van der Waals surface area contributed by atoms with E-state index in [1.54, 1.807) is 29.6 Å². The molecule has 1 fully saturated rings. The quantitative estimate of drug-likeness (QED) is 0.680. The Morgan fingerprint density at radius 2 is 2.07 bits per heavy atom. The van der Waals surface area contributed by atoms with E-state index < -0.39 is 0 Å². The molecular weight excluding hydrogens is 359 g/mol. The first-order valence-corrected chi connectivity index (χ1v) is 9.58. The molecule has 3 heterocycles. The van der Waals surface area contributed by atoms with Gasteiger partial charge in [-0.3, -0.25) is 4.79 Å². The van der Waals surface area contributed by atoms with Gasteiger partial charge in [-0.25, -0.2) is 9.37 Å². The fraction of sp³-hybridized carbons (Fsp3) is 0.400. The summed E-state index contributed by atoms with van der Waals surface area (Å²) in [7, 11) is 0. The van der Waals surface area contributed by atoms with Crippen molar-refractivity contribution < 1.29 is 9.18 Å². The van der Waals surface area contributed by atoms with Crippen LogP contribution in [0.1, 0.15) is 47.7 Å². The lowest BCUT2D eigenvalue weighted by Gasteiger charge is -2.31. The van der Waals surface area contributed by atoms with Gasteiger partial charge in [0.05, 0.1) is 12.9 Å². The maximum absolute atomic E-state index is 13.4. The van der Waals surface area contributed by atoms with Crippen LogP contribution in [0.15, 0.2) is 43.0 Å². The van der Waals surface area contributed by atoms with Gasteiger partial charge in [-0.15, -0.1) is 10.2 Å². The Morgan fingerprint density at radius 3 is 2.75 bits per heavy atom. The average molecular weight is 382 g/mol. The molecule has 2 aromatic heterocycles. The number of hydrogen-bond acceptors (Lipinski definition) is 4. The number of aromatic nitrogens is 5. The highest BCUT2D eigenvalue weighted by Crippen LogP contribution is 2.28. The summed E-state index contributed by atoms with van der Waals surface area (Å²) in [5, 5.41) is 8.85. The van der Waals surface area contributed by atoms with Crippen molar-refractivity contribution >= 4 is 5.91 Å². The predicted octanol–water partition coefficient (Wildman–Crippen LogP) is 2.70. The summed E-state index contributed by atoms with van der Waals surface area (Å²) in [4.78, 5) is 18.5. The van der Waals surface area contributed by atoms with Crippen molar-refractivity contribution in [3.8, 4) is 0 Å². The molecule has 0 radical (unpaired) electrons. The SMILES string of the molecule is CCn1c(Cn2ccnc2)nnc1C1CCN(C(=O)c2cccc(F)c2)CC1. The van der Waals surface area contributed by atoms with Crippen molar-refractivity contribution in [3.05, 3.63) is 66.0 Å². The van der Waals surface area contributed by atoms with Gasteiger partial charge in [0.1, 0.15) is 11.6 Å². The van der Waals surface area contributed by atoms with Crippen molar-refractivity contribution in [1.29, 1.82) is 0 Å². The lowest BCUT2D eigenvalue weighted by atomic mass is 9.95. The summed E-state index contributed by atoms with van der Waals surface area (Å²) in [5.41, 5.74) is 0.401. The molecule has 0 N–H and O–H groups in total. The third-order valence-electron chi connectivity index (χ3n) is 5.27. The Hall–Kier alpha value is -3.03. The van der Waals surface area contributed by atoms with E-state index in [1.807, 2.05) is 10.8 Å². The molecule has 0 aliphatic carbocycles. The highest BCUT2D eigenvalue weighted by molar-refractivity contribution is 5.94. The van der Waals surface area contributed by atoms with Crippen LogP contribution in [-0.4, -0.2) is 48.2 Å². The lowest BCUT2D eigenvalue weighted by Crippen LogP contribution is -2.38. The number of amides is 1. The van der Waals surface area contributed by atoms with Gasteiger partial charge < -0.3 is 14.0 Å². The van der Waals surface area contributed by atoms with E-state index in [9.17, 15) is 9.18 Å². The average Bonchev–Trinajstić information content (AvgIpc) is 3.37. The third-order valence-corrected chi connectivity index (χ3v) is 5.27. The first-order valence-electron chi connectivity index (χ1n) is 9.58. The lowest BCUT2D eigenvalue weighted by molar-refractivity contribution is 0.0709. The van der Waals surface area contributed by atoms with Crippen molar-refractivity contribution in [1.82, 2.24) is 29.2 Å². The minimum absolute atomic E-state index is 0.115. The zero-order valence-corrected chi connectivity index (χ0v) is 15.8. The number of likely N-dealkylation sites (tertiary alicyclic amines) is 1. The summed E-state index contributed by atoms with van der Waals surface area (Å²) >= 11 is 0. The molecule has 8 heteroatoms. The van der Waals surface area contributed by atoms with Crippen molar-refractivity contribution in [2.24, 2.45) is 0 Å². The van der Waals surface area contributed by atoms with E-state index >= 15 is 0 Å². The zero-order chi connectivity index (χ0) is 19.5. The van der Waals surface area contributed by atoms with Gasteiger partial charge in [-0.1, -0.05) is 6.07 Å². The van der Waals surface area contributed by atoms with Gasteiger partial charge in [0.2, 0.25) is 0 Å². The highest BCUT2D eigenvalue weighted by Gasteiger charge is 2.28. The maximum Gasteiger partial charge on any atom is 0.253 e. The Balaban J connectivity index is 1.44. The standard InChI is InChI=1S/C20H23FN6O/c1-2-27-18(13-25-11-8-22-14-25)23-24-19(27)15-6-9-26(10-7-15)20(28)16-4-3-5-17(21)12-16/h3-5,8,11-12,14-15H,2,6-7,9-10,13H2,1H3. The van der Waals surface area contributed by atoms with E-state index in [0.29, 0.717) is 25.2 Å². The summed E-state index contributed by atoms with van der Waals surface area (Å²) < 4.78 is 17.5. The fourth-order valence-corrected chi connectivity index (χ4v) is 3.80. The van der Waals surface area contributed by atoms with E-state index in [-0.39, 0.29) is 17.6 Å². The normalized spacial score (nSPS) is 15.1. The van der Waals surface area contributed by atoms with Crippen LogP contribution in [0.3, 0.4) is 0 Å². The molecule has 0 spiro atoms. The number of benzene rings is 1. The van der Waals surface area contributed by atoms with Crippen LogP contribution in [-0.2, 0) is 13.1 Å². The van der Waals surface area contributed by atoms with Gasteiger partial charge in [0.25, 0.3) is 5.91 Å². The molecule has 1 amide bonds. The summed E-state index contributed by atoms with van der Waals surface area (Å²) in [6, 6.07) is 5.88. The van der Waals surface area contributed by atoms with Crippen LogP contribution in [0.4, 0.5) is 4.39 Å². The number of imidazole rings is 1. The topological polar surface area (TPSA) is 68.8 Å². The molecule has 1 saturated heterocycles. The van der Waals surface area contributed by atoms with Crippen LogP contribution in [0.25, 0.3) is 0 Å². The molecule has 7 nitrogen and oxygen atoms in total. The molecule has 0 unspecified atom stereocenters. The van der Waals surface area contributed by atoms with Crippen LogP contribution >= 0.6 is 0 Å². The molecule has 1 aromatic carbocycles. The van der Waals surface area contributed by atoms with Crippen LogP contribution in [0, 0.1) is 5.82 Å². The van der Waals surface area contributed by atoms with E-state index in [0.717, 1.165) is 31.0 Å². The van der Waals surface area contributed by atoms with Crippen LogP contribution in [0.5, 0.6) is 0 Å². The molecule has 1 aliphatic heterocycles. The number of rotatable bonds is 5. The molecule has 4 rings (SSSR count).